The summed E-state index contributed by atoms with van der Waals surface area (Å²) in [5.74, 6) is -0.290. The zero-order valence-electron chi connectivity index (χ0n) is 26.7. The van der Waals surface area contributed by atoms with E-state index in [1.54, 1.807) is 6.08 Å². The van der Waals surface area contributed by atoms with Crippen LogP contribution in [0.1, 0.15) is 155 Å². The highest BCUT2D eigenvalue weighted by atomic mass is 16.6. The number of unbranched alkanes of at least 4 members (excludes halogenated alkanes) is 12. The number of carbonyl (C=O) groups excluding carboxylic acids is 1. The van der Waals surface area contributed by atoms with Crippen LogP contribution in [0.3, 0.4) is 0 Å². The Labute approximate surface area is 255 Å². The number of ether oxygens (including phenoxy) is 3. The van der Waals surface area contributed by atoms with E-state index in [0.29, 0.717) is 18.4 Å². The van der Waals surface area contributed by atoms with Gasteiger partial charge in [-0.3, -0.25) is 0 Å². The fraction of sp³-hybridized carbons (Fsp3) is 0.914. The SMILES string of the molecule is CCCCCCCCCC[C@H](O)[C@@H]1CC[C@@H]([C@@H]2CC[C@@H]([C@H](O)CCCCCCCC[C@@H](O)CC3=C[C@H](C)OC3=O)O2)O1. The number of rotatable bonds is 23. The van der Waals surface area contributed by atoms with E-state index in [1.807, 2.05) is 6.92 Å². The molecule has 244 valence electrons. The Morgan fingerprint density at radius 3 is 1.60 bits per heavy atom. The first-order valence-corrected chi connectivity index (χ1v) is 17.6. The van der Waals surface area contributed by atoms with Crippen molar-refractivity contribution in [1.29, 1.82) is 0 Å². The first kappa shape index (κ1) is 35.5. The van der Waals surface area contributed by atoms with Crippen LogP contribution in [0, 0.1) is 0 Å². The Hall–Kier alpha value is -0.990. The van der Waals surface area contributed by atoms with Gasteiger partial charge in [0, 0.05) is 12.0 Å². The van der Waals surface area contributed by atoms with Gasteiger partial charge in [0.25, 0.3) is 0 Å². The topological polar surface area (TPSA) is 105 Å². The molecule has 3 N–H and O–H groups in total. The van der Waals surface area contributed by atoms with Gasteiger partial charge in [-0.05, 0) is 57.9 Å². The first-order valence-electron chi connectivity index (χ1n) is 17.6. The van der Waals surface area contributed by atoms with Crippen LogP contribution in [0.2, 0.25) is 0 Å². The van der Waals surface area contributed by atoms with E-state index in [1.165, 1.54) is 44.9 Å². The molecule has 0 radical (unpaired) electrons. The molecule has 7 heteroatoms. The molecule has 42 heavy (non-hydrogen) atoms. The Kier molecular flexibility index (Phi) is 17.0. The van der Waals surface area contributed by atoms with Crippen LogP contribution < -0.4 is 0 Å². The summed E-state index contributed by atoms with van der Waals surface area (Å²) in [6.07, 6.45) is 23.2. The van der Waals surface area contributed by atoms with E-state index < -0.39 is 12.2 Å². The highest BCUT2D eigenvalue weighted by Crippen LogP contribution is 2.34. The molecule has 0 saturated carbocycles. The van der Waals surface area contributed by atoms with Gasteiger partial charge in [0.15, 0.2) is 0 Å². The molecule has 0 bridgehead atoms. The summed E-state index contributed by atoms with van der Waals surface area (Å²) in [6, 6.07) is 0. The minimum atomic E-state index is -0.482. The quantitative estimate of drug-likeness (QED) is 0.0858. The first-order chi connectivity index (χ1) is 20.4. The molecule has 2 saturated heterocycles. The van der Waals surface area contributed by atoms with Crippen LogP contribution in [0.25, 0.3) is 0 Å². The predicted octanol–water partition coefficient (Wildman–Crippen LogP) is 7.08. The lowest BCUT2D eigenvalue weighted by Gasteiger charge is -2.24. The van der Waals surface area contributed by atoms with Crippen LogP contribution in [0.15, 0.2) is 11.6 Å². The van der Waals surface area contributed by atoms with Gasteiger partial charge in [-0.25, -0.2) is 4.79 Å². The van der Waals surface area contributed by atoms with Crippen molar-refractivity contribution in [3.8, 4) is 0 Å². The monoisotopic (exact) mass is 594 g/mol. The van der Waals surface area contributed by atoms with Gasteiger partial charge >= 0.3 is 5.97 Å². The Morgan fingerprint density at radius 2 is 1.14 bits per heavy atom. The number of carbonyl (C=O) groups is 1. The molecule has 0 aromatic carbocycles. The third-order valence-corrected chi connectivity index (χ3v) is 9.53. The summed E-state index contributed by atoms with van der Waals surface area (Å²) in [4.78, 5) is 11.7. The normalized spacial score (nSPS) is 28.2. The van der Waals surface area contributed by atoms with E-state index >= 15 is 0 Å². The third-order valence-electron chi connectivity index (χ3n) is 9.53. The molecule has 3 aliphatic heterocycles. The molecule has 0 unspecified atom stereocenters. The van der Waals surface area contributed by atoms with Gasteiger partial charge in [-0.2, -0.15) is 0 Å². The fourth-order valence-corrected chi connectivity index (χ4v) is 6.93. The van der Waals surface area contributed by atoms with Crippen LogP contribution in [-0.2, 0) is 19.0 Å². The zero-order valence-corrected chi connectivity index (χ0v) is 26.7. The van der Waals surface area contributed by atoms with Gasteiger partial charge in [-0.15, -0.1) is 0 Å². The Bertz CT molecular complexity index is 770. The molecular formula is C35H62O7. The largest absolute Gasteiger partial charge is 0.455 e. The maximum absolute atomic E-state index is 11.7. The highest BCUT2D eigenvalue weighted by molar-refractivity contribution is 5.90. The zero-order chi connectivity index (χ0) is 30.2. The molecular weight excluding hydrogens is 532 g/mol. The summed E-state index contributed by atoms with van der Waals surface area (Å²) in [5.41, 5.74) is 0.606. The number of hydrogen-bond donors (Lipinski definition) is 3. The smallest absolute Gasteiger partial charge is 0.334 e. The van der Waals surface area contributed by atoms with E-state index in [-0.39, 0.29) is 42.6 Å². The summed E-state index contributed by atoms with van der Waals surface area (Å²) in [6.45, 7) is 4.08. The van der Waals surface area contributed by atoms with Crippen molar-refractivity contribution in [2.24, 2.45) is 0 Å². The number of aliphatic hydroxyl groups excluding tert-OH is 3. The van der Waals surface area contributed by atoms with Crippen molar-refractivity contribution < 1.29 is 34.3 Å². The van der Waals surface area contributed by atoms with Crippen molar-refractivity contribution in [3.05, 3.63) is 11.6 Å². The van der Waals surface area contributed by atoms with Crippen LogP contribution in [0.4, 0.5) is 0 Å². The molecule has 3 heterocycles. The van der Waals surface area contributed by atoms with E-state index in [2.05, 4.69) is 6.92 Å². The van der Waals surface area contributed by atoms with Crippen molar-refractivity contribution in [3.63, 3.8) is 0 Å². The minimum Gasteiger partial charge on any atom is -0.455 e. The number of cyclic esters (lactones) is 1. The van der Waals surface area contributed by atoms with Gasteiger partial charge in [0.2, 0.25) is 0 Å². The summed E-state index contributed by atoms with van der Waals surface area (Å²) < 4.78 is 17.6. The number of hydrogen-bond acceptors (Lipinski definition) is 7. The average Bonchev–Trinajstić information content (AvgIpc) is 3.72. The molecule has 8 atom stereocenters. The van der Waals surface area contributed by atoms with Crippen molar-refractivity contribution in [2.45, 2.75) is 204 Å². The molecule has 0 amide bonds. The fourth-order valence-electron chi connectivity index (χ4n) is 6.93. The number of aliphatic hydroxyl groups is 3. The summed E-state index contributed by atoms with van der Waals surface area (Å²) in [5, 5.41) is 31.6. The standard InChI is InChI=1S/C35H62O7/c1-3-4-5-6-7-8-12-15-18-29(37)31-20-22-33(41-31)34-23-21-32(42-34)30(38)19-16-13-10-9-11-14-17-28(36)25-27-24-26(2)40-35(27)39/h24,26,28-34,36-38H,3-23,25H2,1-2H3/t26-,28+,29-,30+,31-,32-,33-,34-/m0/s1. The van der Waals surface area contributed by atoms with E-state index in [9.17, 15) is 20.1 Å². The Balaban J connectivity index is 1.16. The van der Waals surface area contributed by atoms with Crippen LogP contribution >= 0.6 is 0 Å². The van der Waals surface area contributed by atoms with Gasteiger partial charge in [0.1, 0.15) is 6.10 Å². The molecule has 0 aliphatic carbocycles. The Morgan fingerprint density at radius 1 is 0.690 bits per heavy atom. The van der Waals surface area contributed by atoms with Gasteiger partial charge in [0.05, 0.1) is 42.7 Å². The van der Waals surface area contributed by atoms with Gasteiger partial charge < -0.3 is 29.5 Å². The molecule has 0 spiro atoms. The van der Waals surface area contributed by atoms with Crippen LogP contribution in [-0.4, -0.2) is 70.1 Å². The predicted molar refractivity (Wildman–Crippen MR) is 166 cm³/mol. The lowest BCUT2D eigenvalue weighted by atomic mass is 10.00. The molecule has 3 rings (SSSR count). The average molecular weight is 595 g/mol. The molecule has 2 fully saturated rings. The van der Waals surface area contributed by atoms with Gasteiger partial charge in [-0.1, -0.05) is 96.8 Å². The lowest BCUT2D eigenvalue weighted by Crippen LogP contribution is -2.33. The van der Waals surface area contributed by atoms with Crippen molar-refractivity contribution >= 4 is 5.97 Å². The molecule has 7 nitrogen and oxygen atoms in total. The third kappa shape index (κ3) is 12.9. The molecule has 0 aromatic heterocycles. The minimum absolute atomic E-state index is 0.0410. The maximum Gasteiger partial charge on any atom is 0.334 e. The molecule has 0 aromatic rings. The van der Waals surface area contributed by atoms with Crippen LogP contribution in [0.5, 0.6) is 0 Å². The number of esters is 1. The van der Waals surface area contributed by atoms with Crippen molar-refractivity contribution in [2.75, 3.05) is 0 Å². The second-order valence-corrected chi connectivity index (χ2v) is 13.3. The van der Waals surface area contributed by atoms with Crippen molar-refractivity contribution in [1.82, 2.24) is 0 Å². The summed E-state index contributed by atoms with van der Waals surface area (Å²) in [7, 11) is 0. The van der Waals surface area contributed by atoms with E-state index in [4.69, 9.17) is 14.2 Å². The van der Waals surface area contributed by atoms with E-state index in [0.717, 1.165) is 83.5 Å². The maximum atomic E-state index is 11.7. The second-order valence-electron chi connectivity index (χ2n) is 13.3. The highest BCUT2D eigenvalue weighted by Gasteiger charge is 2.40. The lowest BCUT2D eigenvalue weighted by molar-refractivity contribution is -0.139. The summed E-state index contributed by atoms with van der Waals surface area (Å²) >= 11 is 0. The molecule has 3 aliphatic rings. The second kappa shape index (κ2) is 20.1.